The summed E-state index contributed by atoms with van der Waals surface area (Å²) in [6.45, 7) is 0. The van der Waals surface area contributed by atoms with Gasteiger partial charge in [0, 0.05) is 0 Å². The molecule has 1 aliphatic rings. The lowest BCUT2D eigenvalue weighted by Gasteiger charge is -2.50. The fraction of sp³-hybridized carbons (Fsp3) is 0.375. The van der Waals surface area contributed by atoms with E-state index in [1.165, 1.54) is 12.1 Å². The van der Waals surface area contributed by atoms with Crippen molar-refractivity contribution in [2.24, 2.45) is 0 Å². The smallest absolute Gasteiger partial charge is 0.387 e. The van der Waals surface area contributed by atoms with Gasteiger partial charge in [0.25, 0.3) is 0 Å². The normalized spacial score (nSPS) is 35.6. The van der Waals surface area contributed by atoms with Gasteiger partial charge in [0.05, 0.1) is 0 Å². The van der Waals surface area contributed by atoms with E-state index in [2.05, 4.69) is 0 Å². The number of fused-ring (bicyclic) bond motifs is 1. The van der Waals surface area contributed by atoms with E-state index in [4.69, 9.17) is 4.52 Å². The Morgan fingerprint density at radius 2 is 1.35 bits per heavy atom. The lowest BCUT2D eigenvalue weighted by Crippen LogP contribution is -2.69. The molecule has 10 heteroatoms. The van der Waals surface area contributed by atoms with Crippen LogP contribution in [0.3, 0.4) is 0 Å². The predicted molar refractivity (Wildman–Crippen MR) is 88.8 cm³/mol. The quantitative estimate of drug-likeness (QED) is 0.326. The Morgan fingerprint density at radius 1 is 0.808 bits per heavy atom. The van der Waals surface area contributed by atoms with Crippen molar-refractivity contribution in [2.75, 3.05) is 0 Å². The number of aliphatic hydroxyl groups excluding tert-OH is 5. The van der Waals surface area contributed by atoms with Gasteiger partial charge in [-0.25, -0.2) is 4.57 Å². The van der Waals surface area contributed by atoms with Crippen LogP contribution in [0.25, 0.3) is 10.8 Å². The summed E-state index contributed by atoms with van der Waals surface area (Å²) >= 11 is 0. The molecular formula is C16H19O9P. The third-order valence-corrected chi connectivity index (χ3v) is 5.24. The zero-order chi connectivity index (χ0) is 19.3. The molecule has 1 aliphatic carbocycles. The van der Waals surface area contributed by atoms with Crippen LogP contribution in [0.5, 0.6) is 0 Å². The van der Waals surface area contributed by atoms with Crippen molar-refractivity contribution in [1.29, 1.82) is 0 Å². The summed E-state index contributed by atoms with van der Waals surface area (Å²) in [7, 11) is -5.30. The lowest BCUT2D eigenvalue weighted by molar-refractivity contribution is -0.267. The van der Waals surface area contributed by atoms with E-state index in [1.54, 1.807) is 30.3 Å². The summed E-state index contributed by atoms with van der Waals surface area (Å²) < 4.78 is 16.3. The van der Waals surface area contributed by atoms with Crippen LogP contribution in [0.1, 0.15) is 5.56 Å². The van der Waals surface area contributed by atoms with Crippen LogP contribution in [0.4, 0.5) is 0 Å². The first-order chi connectivity index (χ1) is 12.1. The Hall–Kier alpha value is -1.39. The second-order valence-electron chi connectivity index (χ2n) is 6.30. The highest BCUT2D eigenvalue weighted by Crippen LogP contribution is 2.52. The molecule has 26 heavy (non-hydrogen) atoms. The fourth-order valence-electron chi connectivity index (χ4n) is 3.39. The molecule has 0 heterocycles. The molecule has 2 aromatic rings. The zero-order valence-electron chi connectivity index (χ0n) is 13.3. The summed E-state index contributed by atoms with van der Waals surface area (Å²) in [5.41, 5.74) is -2.65. The van der Waals surface area contributed by atoms with Gasteiger partial charge in [0.15, 0.2) is 5.60 Å². The van der Waals surface area contributed by atoms with Crippen molar-refractivity contribution < 1.29 is 44.4 Å². The van der Waals surface area contributed by atoms with E-state index >= 15 is 0 Å². The molecule has 2 aromatic carbocycles. The average Bonchev–Trinajstić information content (AvgIpc) is 2.61. The summed E-state index contributed by atoms with van der Waals surface area (Å²) in [5.74, 6) is 0. The Labute approximate surface area is 148 Å². The Morgan fingerprint density at radius 3 is 1.88 bits per heavy atom. The zero-order valence-corrected chi connectivity index (χ0v) is 14.2. The van der Waals surface area contributed by atoms with Crippen LogP contribution in [0.2, 0.25) is 0 Å². The van der Waals surface area contributed by atoms with E-state index in [0.29, 0.717) is 5.39 Å². The van der Waals surface area contributed by atoms with Crippen LogP contribution in [0, 0.1) is 0 Å². The van der Waals surface area contributed by atoms with Gasteiger partial charge in [0.1, 0.15) is 30.5 Å². The molecule has 0 aromatic heterocycles. The molecular weight excluding hydrogens is 367 g/mol. The molecule has 0 radical (unpaired) electrons. The van der Waals surface area contributed by atoms with Crippen LogP contribution < -0.4 is 0 Å². The van der Waals surface area contributed by atoms with Gasteiger partial charge in [-0.15, -0.1) is 0 Å². The molecule has 0 spiro atoms. The number of phosphoric ester groups is 1. The van der Waals surface area contributed by atoms with Crippen molar-refractivity contribution in [3.63, 3.8) is 0 Å². The van der Waals surface area contributed by atoms with Gasteiger partial charge in [-0.2, -0.15) is 0 Å². The molecule has 3 rings (SSSR count). The number of aliphatic hydroxyl groups is 5. The van der Waals surface area contributed by atoms with Crippen molar-refractivity contribution in [1.82, 2.24) is 0 Å². The number of hydrogen-bond acceptors (Lipinski definition) is 7. The number of benzene rings is 2. The molecule has 9 nitrogen and oxygen atoms in total. The van der Waals surface area contributed by atoms with Crippen LogP contribution in [-0.2, 0) is 14.7 Å². The Balaban J connectivity index is 2.24. The number of phosphoric acid groups is 1. The van der Waals surface area contributed by atoms with Crippen molar-refractivity contribution in [2.45, 2.75) is 36.1 Å². The summed E-state index contributed by atoms with van der Waals surface area (Å²) in [6.07, 6.45) is -10.2. The van der Waals surface area contributed by atoms with E-state index in [-0.39, 0.29) is 5.56 Å². The minimum atomic E-state index is -5.30. The van der Waals surface area contributed by atoms with Crippen molar-refractivity contribution in [3.8, 4) is 0 Å². The minimum Gasteiger partial charge on any atom is -0.387 e. The SMILES string of the molecule is O=P(O)(O)O[C@]1(c2ccc3ccccc3c2)[C@@H](O)[C@H](O)[C@@H](O)[C@H](O)[C@@H]1O. The van der Waals surface area contributed by atoms with Gasteiger partial charge in [0.2, 0.25) is 0 Å². The first-order valence-electron chi connectivity index (χ1n) is 7.74. The average molecular weight is 386 g/mol. The second kappa shape index (κ2) is 6.65. The maximum atomic E-state index is 11.6. The Kier molecular flexibility index (Phi) is 4.95. The first-order valence-corrected chi connectivity index (χ1v) is 9.27. The molecule has 0 aliphatic heterocycles. The third-order valence-electron chi connectivity index (χ3n) is 4.70. The molecule has 0 saturated heterocycles. The van der Waals surface area contributed by atoms with Crippen LogP contribution >= 0.6 is 7.82 Å². The topological polar surface area (TPSA) is 168 Å². The van der Waals surface area contributed by atoms with E-state index in [9.17, 15) is 39.9 Å². The molecule has 0 unspecified atom stereocenters. The third kappa shape index (κ3) is 3.07. The van der Waals surface area contributed by atoms with Crippen molar-refractivity contribution >= 4 is 18.6 Å². The maximum Gasteiger partial charge on any atom is 0.470 e. The summed E-state index contributed by atoms with van der Waals surface area (Å²) in [5, 5.41) is 52.2. The lowest BCUT2D eigenvalue weighted by atomic mass is 9.71. The highest BCUT2D eigenvalue weighted by Gasteiger charge is 2.62. The molecule has 142 valence electrons. The number of hydrogen-bond donors (Lipinski definition) is 7. The van der Waals surface area contributed by atoms with Gasteiger partial charge in [-0.3, -0.25) is 4.52 Å². The molecule has 1 fully saturated rings. The largest absolute Gasteiger partial charge is 0.470 e. The summed E-state index contributed by atoms with van der Waals surface area (Å²) in [4.78, 5) is 18.6. The van der Waals surface area contributed by atoms with Crippen LogP contribution in [-0.4, -0.2) is 65.8 Å². The highest BCUT2D eigenvalue weighted by molar-refractivity contribution is 7.46. The standard InChI is InChI=1S/C16H19O9P/c17-11-12(18)14(20)16(15(21)13(11)19,25-26(22,23)24)10-6-5-8-3-1-2-4-9(8)7-10/h1-7,11-15,17-21H,(H2,22,23,24)/t11-,12-,13+,14-,15-,16-/m0/s1. The predicted octanol–water partition coefficient (Wildman–Crippen LogP) is -1.04. The molecule has 1 saturated carbocycles. The van der Waals surface area contributed by atoms with Gasteiger partial charge < -0.3 is 35.3 Å². The van der Waals surface area contributed by atoms with E-state index < -0.39 is 43.9 Å². The Bertz CT molecular complexity index is 834. The molecule has 0 amide bonds. The first kappa shape index (κ1) is 19.4. The van der Waals surface area contributed by atoms with Gasteiger partial charge >= 0.3 is 7.82 Å². The minimum absolute atomic E-state index is 0.0791. The fourth-order valence-corrected chi connectivity index (χ4v) is 4.10. The summed E-state index contributed by atoms with van der Waals surface area (Å²) in [6, 6.07) is 11.3. The van der Waals surface area contributed by atoms with E-state index in [1.807, 2.05) is 0 Å². The van der Waals surface area contributed by atoms with Crippen molar-refractivity contribution in [3.05, 3.63) is 48.0 Å². The molecule has 7 N–H and O–H groups in total. The van der Waals surface area contributed by atoms with Gasteiger partial charge in [-0.05, 0) is 22.4 Å². The second-order valence-corrected chi connectivity index (χ2v) is 7.46. The van der Waals surface area contributed by atoms with E-state index in [0.717, 1.165) is 5.39 Å². The monoisotopic (exact) mass is 386 g/mol. The maximum absolute atomic E-state index is 11.6. The molecule has 6 atom stereocenters. The highest BCUT2D eigenvalue weighted by atomic mass is 31.2. The van der Waals surface area contributed by atoms with Gasteiger partial charge in [-0.1, -0.05) is 36.4 Å². The number of rotatable bonds is 3. The molecule has 0 bridgehead atoms. The van der Waals surface area contributed by atoms with Crippen LogP contribution in [0.15, 0.2) is 42.5 Å².